The maximum Gasteiger partial charge on any atom is 0.335 e. The van der Waals surface area contributed by atoms with E-state index in [-0.39, 0.29) is 22.2 Å². The summed E-state index contributed by atoms with van der Waals surface area (Å²) in [5.41, 5.74) is 2.38. The Morgan fingerprint density at radius 2 is 1.57 bits per heavy atom. The van der Waals surface area contributed by atoms with E-state index in [1.807, 2.05) is 0 Å². The maximum atomic E-state index is 13.4. The van der Waals surface area contributed by atoms with Crippen molar-refractivity contribution in [2.45, 2.75) is 24.0 Å². The van der Waals surface area contributed by atoms with Crippen molar-refractivity contribution in [3.63, 3.8) is 0 Å². The van der Waals surface area contributed by atoms with Crippen LogP contribution < -0.4 is 16.0 Å². The third-order valence-electron chi connectivity index (χ3n) is 6.33. The zero-order valence-corrected chi connectivity index (χ0v) is 25.9. The number of aromatic carboxylic acids is 1. The van der Waals surface area contributed by atoms with Gasteiger partial charge < -0.3 is 21.1 Å². The highest BCUT2D eigenvalue weighted by Gasteiger charge is 2.19. The zero-order valence-electron chi connectivity index (χ0n) is 23.6. The molecule has 4 aromatic carbocycles. The van der Waals surface area contributed by atoms with Crippen LogP contribution in [0.15, 0.2) is 102 Å². The van der Waals surface area contributed by atoms with Crippen LogP contribution >= 0.6 is 35.0 Å². The maximum absolute atomic E-state index is 13.4. The first kappa shape index (κ1) is 32.3. The van der Waals surface area contributed by atoms with Crippen LogP contribution in [0.4, 0.5) is 11.4 Å². The third-order valence-corrected chi connectivity index (χ3v) is 8.25. The summed E-state index contributed by atoms with van der Waals surface area (Å²) in [6, 6.07) is 24.8. The fourth-order valence-electron chi connectivity index (χ4n) is 3.96. The summed E-state index contributed by atoms with van der Waals surface area (Å²) in [6.07, 6.45) is 1.44. The fraction of sp³-hybridized carbons (Fsp3) is 0.0909. The summed E-state index contributed by atoms with van der Waals surface area (Å²) < 4.78 is 0. The summed E-state index contributed by atoms with van der Waals surface area (Å²) >= 11 is 13.8. The number of carboxylic acids is 1. The Kier molecular flexibility index (Phi) is 10.8. The average Bonchev–Trinajstić information content (AvgIpc) is 3.00. The van der Waals surface area contributed by atoms with Crippen LogP contribution in [0.5, 0.6) is 0 Å². The van der Waals surface area contributed by atoms with Crippen LogP contribution in [-0.2, 0) is 9.59 Å². The van der Waals surface area contributed by atoms with Crippen molar-refractivity contribution in [1.29, 1.82) is 0 Å². The van der Waals surface area contributed by atoms with Crippen LogP contribution in [-0.4, -0.2) is 34.0 Å². The van der Waals surface area contributed by atoms with Crippen LogP contribution in [0.25, 0.3) is 6.08 Å². The molecule has 4 aromatic rings. The molecule has 1 unspecified atom stereocenters. The van der Waals surface area contributed by atoms with E-state index in [2.05, 4.69) is 16.0 Å². The summed E-state index contributed by atoms with van der Waals surface area (Å²) in [7, 11) is 0. The number of carboxylic acid groups (broad SMARTS) is 1. The van der Waals surface area contributed by atoms with Gasteiger partial charge in [-0.05, 0) is 79.6 Å². The number of halogens is 2. The molecule has 0 radical (unpaired) electrons. The van der Waals surface area contributed by atoms with Crippen LogP contribution in [0.3, 0.4) is 0 Å². The predicted octanol–water partition coefficient (Wildman–Crippen LogP) is 7.53. The molecule has 0 aliphatic heterocycles. The Bertz CT molecular complexity index is 1760. The first-order chi connectivity index (χ1) is 21.0. The molecule has 0 spiro atoms. The number of anilines is 2. The first-order valence-corrected chi connectivity index (χ1v) is 14.9. The molecule has 4 N–H and O–H groups in total. The quantitative estimate of drug-likeness (QED) is 0.104. The minimum Gasteiger partial charge on any atom is -0.478 e. The molecule has 0 aliphatic rings. The minimum atomic E-state index is -1.09. The lowest BCUT2D eigenvalue weighted by Crippen LogP contribution is -2.30. The van der Waals surface area contributed by atoms with E-state index in [0.29, 0.717) is 32.4 Å². The molecular weight excluding hydrogens is 621 g/mol. The van der Waals surface area contributed by atoms with Gasteiger partial charge >= 0.3 is 5.97 Å². The monoisotopic (exact) mass is 647 g/mol. The van der Waals surface area contributed by atoms with Gasteiger partial charge in [0.1, 0.15) is 5.70 Å². The smallest absolute Gasteiger partial charge is 0.335 e. The van der Waals surface area contributed by atoms with Crippen molar-refractivity contribution in [3.8, 4) is 0 Å². The van der Waals surface area contributed by atoms with Gasteiger partial charge in [-0.1, -0.05) is 65.7 Å². The number of aryl methyl sites for hydroxylation is 1. The van der Waals surface area contributed by atoms with E-state index in [1.54, 1.807) is 92.7 Å². The lowest BCUT2D eigenvalue weighted by molar-refractivity contribution is -0.115. The lowest BCUT2D eigenvalue weighted by Gasteiger charge is -2.15. The van der Waals surface area contributed by atoms with E-state index < -0.39 is 23.0 Å². The zero-order chi connectivity index (χ0) is 31.8. The lowest BCUT2D eigenvalue weighted by atomic mass is 10.1. The number of amides is 3. The van der Waals surface area contributed by atoms with Crippen LogP contribution in [0.2, 0.25) is 10.0 Å². The van der Waals surface area contributed by atoms with Crippen molar-refractivity contribution < 1.29 is 24.3 Å². The van der Waals surface area contributed by atoms with Gasteiger partial charge in [-0.15, -0.1) is 11.8 Å². The van der Waals surface area contributed by atoms with Gasteiger partial charge in [0.25, 0.3) is 11.8 Å². The fourth-order valence-corrected chi connectivity index (χ4v) is 5.25. The van der Waals surface area contributed by atoms with Crippen LogP contribution in [0.1, 0.15) is 38.8 Å². The number of hydrogen-bond donors (Lipinski definition) is 4. The van der Waals surface area contributed by atoms with Gasteiger partial charge in [-0.25, -0.2) is 4.79 Å². The molecule has 0 saturated carbocycles. The molecule has 44 heavy (non-hydrogen) atoms. The van der Waals surface area contributed by atoms with Crippen molar-refractivity contribution in [1.82, 2.24) is 5.32 Å². The second kappa shape index (κ2) is 14.7. The number of rotatable bonds is 10. The summed E-state index contributed by atoms with van der Waals surface area (Å²) in [6.45, 7) is 3.49. The predicted molar refractivity (Wildman–Crippen MR) is 176 cm³/mol. The Morgan fingerprint density at radius 1 is 0.841 bits per heavy atom. The number of carbonyl (C=O) groups is 4. The highest BCUT2D eigenvalue weighted by molar-refractivity contribution is 8.00. The highest BCUT2D eigenvalue weighted by Crippen LogP contribution is 2.29. The Labute approximate surface area is 268 Å². The second-order valence-electron chi connectivity index (χ2n) is 9.59. The first-order valence-electron chi connectivity index (χ1n) is 13.3. The SMILES string of the molecule is Cc1ccc(C(=O)O)cc1NC(=O)C(C)Sc1cccc(NC(=O)/C(=C\c2cccc(Cl)c2Cl)NC(=O)c2ccccc2)c1. The number of benzene rings is 4. The van der Waals surface area contributed by atoms with Gasteiger partial charge in [0.05, 0.1) is 20.9 Å². The van der Waals surface area contributed by atoms with Crippen molar-refractivity contribution in [2.75, 3.05) is 10.6 Å². The van der Waals surface area contributed by atoms with Gasteiger partial charge in [-0.2, -0.15) is 0 Å². The molecule has 0 saturated heterocycles. The van der Waals surface area contributed by atoms with Crippen molar-refractivity contribution in [2.24, 2.45) is 0 Å². The molecule has 8 nitrogen and oxygen atoms in total. The standard InChI is InChI=1S/C33H27Cl2N3O5S/c1-19-14-15-23(33(42)43)17-27(19)37-30(39)20(2)44-25-12-7-11-24(18-25)36-32(41)28(16-22-10-6-13-26(34)29(22)35)38-31(40)21-8-4-3-5-9-21/h3-18,20H,1-2H3,(H,36,41)(H,37,39)(H,38,40)(H,42,43)/b28-16+. The molecule has 1 atom stereocenters. The molecule has 224 valence electrons. The molecule has 3 amide bonds. The summed E-state index contributed by atoms with van der Waals surface area (Å²) in [4.78, 5) is 51.3. The number of hydrogen-bond acceptors (Lipinski definition) is 5. The largest absolute Gasteiger partial charge is 0.478 e. The second-order valence-corrected chi connectivity index (χ2v) is 11.8. The van der Waals surface area contributed by atoms with E-state index in [9.17, 15) is 24.3 Å². The summed E-state index contributed by atoms with van der Waals surface area (Å²) in [5.74, 6) is -2.50. The average molecular weight is 649 g/mol. The van der Waals surface area contributed by atoms with Gasteiger partial charge in [-0.3, -0.25) is 14.4 Å². The minimum absolute atomic E-state index is 0.0622. The molecule has 4 rings (SSSR count). The number of nitrogens with one attached hydrogen (secondary N) is 3. The van der Waals surface area contributed by atoms with E-state index in [4.69, 9.17) is 23.2 Å². The molecule has 0 aromatic heterocycles. The van der Waals surface area contributed by atoms with Crippen molar-refractivity contribution in [3.05, 3.63) is 129 Å². The van der Waals surface area contributed by atoms with Gasteiger partial charge in [0.15, 0.2) is 0 Å². The molecular formula is C33H27Cl2N3O5S. The Hall–Kier alpha value is -4.57. The van der Waals surface area contributed by atoms with Gasteiger partial charge in [0, 0.05) is 21.8 Å². The molecule has 0 fully saturated rings. The van der Waals surface area contributed by atoms with Gasteiger partial charge in [0.2, 0.25) is 5.91 Å². The topological polar surface area (TPSA) is 125 Å². The molecule has 0 aliphatic carbocycles. The molecule has 0 heterocycles. The summed E-state index contributed by atoms with van der Waals surface area (Å²) in [5, 5.41) is 17.5. The molecule has 0 bridgehead atoms. The van der Waals surface area contributed by atoms with Crippen molar-refractivity contribution >= 4 is 76.1 Å². The van der Waals surface area contributed by atoms with E-state index in [1.165, 1.54) is 30.0 Å². The normalized spacial score (nSPS) is 11.8. The number of thioether (sulfide) groups is 1. The Balaban J connectivity index is 1.50. The number of carbonyl (C=O) groups excluding carboxylic acids is 3. The van der Waals surface area contributed by atoms with E-state index >= 15 is 0 Å². The molecule has 11 heteroatoms. The highest BCUT2D eigenvalue weighted by atomic mass is 35.5. The Morgan fingerprint density at radius 3 is 2.30 bits per heavy atom. The van der Waals surface area contributed by atoms with Crippen LogP contribution in [0, 0.1) is 6.92 Å². The third kappa shape index (κ3) is 8.50. The van der Waals surface area contributed by atoms with E-state index in [0.717, 1.165) is 5.56 Å².